The number of nitrogens with one attached hydrogen (secondary N) is 2. The van der Waals surface area contributed by atoms with Crippen LogP contribution >= 0.6 is 11.8 Å². The van der Waals surface area contributed by atoms with Crippen LogP contribution in [0.3, 0.4) is 0 Å². The van der Waals surface area contributed by atoms with Crippen molar-refractivity contribution in [2.75, 3.05) is 25.2 Å². The van der Waals surface area contributed by atoms with E-state index in [0.717, 1.165) is 0 Å². The first kappa shape index (κ1) is 16.0. The number of primary amides is 1. The van der Waals surface area contributed by atoms with Crippen LogP contribution < -0.4 is 16.4 Å². The van der Waals surface area contributed by atoms with E-state index in [4.69, 9.17) is 15.9 Å². The van der Waals surface area contributed by atoms with Gasteiger partial charge in [-0.2, -0.15) is 11.8 Å². The highest BCUT2D eigenvalue weighted by Crippen LogP contribution is 2.01. The van der Waals surface area contributed by atoms with E-state index in [9.17, 15) is 9.59 Å². The largest absolute Gasteiger partial charge is 0.394 e. The molecule has 0 aliphatic carbocycles. The first-order chi connectivity index (χ1) is 8.01. The summed E-state index contributed by atoms with van der Waals surface area (Å²) in [4.78, 5) is 22.3. The zero-order valence-electron chi connectivity index (χ0n) is 9.68. The van der Waals surface area contributed by atoms with Crippen LogP contribution in [-0.4, -0.2) is 59.5 Å². The Kier molecular flexibility index (Phi) is 8.55. The SMILES string of the molecule is CSCCC(NC(N)=O)C(=O)NCC(O)CO. The fourth-order valence-electron chi connectivity index (χ4n) is 1.08. The molecule has 0 aliphatic heterocycles. The van der Waals surface area contributed by atoms with Crippen LogP contribution in [0.4, 0.5) is 4.79 Å². The number of urea groups is 1. The summed E-state index contributed by atoms with van der Waals surface area (Å²) < 4.78 is 0. The Morgan fingerprint density at radius 2 is 2.12 bits per heavy atom. The maximum atomic E-state index is 11.6. The molecule has 0 aliphatic rings. The molecule has 0 aromatic carbocycles. The normalized spacial score (nSPS) is 13.8. The Hall–Kier alpha value is -0.990. The Labute approximate surface area is 104 Å². The molecule has 8 heteroatoms. The second-order valence-corrected chi connectivity index (χ2v) is 4.41. The van der Waals surface area contributed by atoms with Gasteiger partial charge in [-0.1, -0.05) is 0 Å². The first-order valence-electron chi connectivity index (χ1n) is 5.12. The van der Waals surface area contributed by atoms with Gasteiger partial charge in [-0.3, -0.25) is 4.79 Å². The molecule has 100 valence electrons. The van der Waals surface area contributed by atoms with E-state index in [0.29, 0.717) is 12.2 Å². The summed E-state index contributed by atoms with van der Waals surface area (Å²) in [6, 6.07) is -1.49. The van der Waals surface area contributed by atoms with Crippen molar-refractivity contribution in [1.82, 2.24) is 10.6 Å². The molecule has 3 amide bonds. The molecule has 0 aromatic heterocycles. The van der Waals surface area contributed by atoms with Crippen LogP contribution in [0.15, 0.2) is 0 Å². The summed E-state index contributed by atoms with van der Waals surface area (Å²) in [5.41, 5.74) is 4.96. The summed E-state index contributed by atoms with van der Waals surface area (Å²) in [7, 11) is 0. The van der Waals surface area contributed by atoms with E-state index in [-0.39, 0.29) is 6.54 Å². The molecule has 6 N–H and O–H groups in total. The smallest absolute Gasteiger partial charge is 0.312 e. The minimum Gasteiger partial charge on any atom is -0.394 e. The highest BCUT2D eigenvalue weighted by Gasteiger charge is 2.19. The highest BCUT2D eigenvalue weighted by molar-refractivity contribution is 7.98. The van der Waals surface area contributed by atoms with E-state index in [1.165, 1.54) is 0 Å². The fourth-order valence-corrected chi connectivity index (χ4v) is 1.55. The van der Waals surface area contributed by atoms with Gasteiger partial charge >= 0.3 is 6.03 Å². The summed E-state index contributed by atoms with van der Waals surface area (Å²) in [5.74, 6) is 0.270. The summed E-state index contributed by atoms with van der Waals surface area (Å²) in [5, 5.41) is 22.4. The highest BCUT2D eigenvalue weighted by atomic mass is 32.2. The van der Waals surface area contributed by atoms with Gasteiger partial charge in [-0.15, -0.1) is 0 Å². The van der Waals surface area contributed by atoms with Crippen molar-refractivity contribution in [3.63, 3.8) is 0 Å². The number of carbonyl (C=O) groups is 2. The van der Waals surface area contributed by atoms with Crippen molar-refractivity contribution in [1.29, 1.82) is 0 Å². The van der Waals surface area contributed by atoms with Crippen LogP contribution in [0.5, 0.6) is 0 Å². The average molecular weight is 265 g/mol. The van der Waals surface area contributed by atoms with Gasteiger partial charge in [-0.05, 0) is 18.4 Å². The second kappa shape index (κ2) is 9.08. The third-order valence-corrected chi connectivity index (χ3v) is 2.61. The summed E-state index contributed by atoms with van der Waals surface area (Å²) >= 11 is 1.54. The van der Waals surface area contributed by atoms with Crippen LogP contribution in [0.2, 0.25) is 0 Å². The molecule has 0 heterocycles. The molecule has 0 rings (SSSR count). The van der Waals surface area contributed by atoms with Crippen LogP contribution in [0.25, 0.3) is 0 Å². The predicted molar refractivity (Wildman–Crippen MR) is 65.6 cm³/mol. The number of carbonyl (C=O) groups excluding carboxylic acids is 2. The summed E-state index contributed by atoms with van der Waals surface area (Å²) in [6.07, 6.45) is 1.33. The van der Waals surface area contributed by atoms with Crippen LogP contribution in [-0.2, 0) is 4.79 Å². The number of hydrogen-bond acceptors (Lipinski definition) is 5. The molecule has 0 aromatic rings. The number of aliphatic hydroxyl groups excluding tert-OH is 2. The molecular formula is C9H19N3O4S. The predicted octanol–water partition coefficient (Wildman–Crippen LogP) is -1.75. The van der Waals surface area contributed by atoms with E-state index < -0.39 is 30.7 Å². The van der Waals surface area contributed by atoms with Gasteiger partial charge in [0.2, 0.25) is 5.91 Å². The van der Waals surface area contributed by atoms with Gasteiger partial charge in [0.25, 0.3) is 0 Å². The quantitative estimate of drug-likeness (QED) is 0.356. The van der Waals surface area contributed by atoms with Gasteiger partial charge in [0.15, 0.2) is 0 Å². The third kappa shape index (κ3) is 7.83. The zero-order valence-corrected chi connectivity index (χ0v) is 10.5. The number of aliphatic hydroxyl groups is 2. The number of hydrogen-bond donors (Lipinski definition) is 5. The molecule has 7 nitrogen and oxygen atoms in total. The molecule has 2 atom stereocenters. The minimum absolute atomic E-state index is 0.0639. The molecule has 0 fully saturated rings. The average Bonchev–Trinajstić information content (AvgIpc) is 2.30. The van der Waals surface area contributed by atoms with Crippen LogP contribution in [0.1, 0.15) is 6.42 Å². The van der Waals surface area contributed by atoms with Gasteiger partial charge in [0.05, 0.1) is 12.7 Å². The molecular weight excluding hydrogens is 246 g/mol. The van der Waals surface area contributed by atoms with E-state index in [1.54, 1.807) is 11.8 Å². The Morgan fingerprint density at radius 1 is 1.47 bits per heavy atom. The lowest BCUT2D eigenvalue weighted by Crippen LogP contribution is -2.50. The van der Waals surface area contributed by atoms with Gasteiger partial charge in [0, 0.05) is 6.54 Å². The van der Waals surface area contributed by atoms with E-state index in [2.05, 4.69) is 10.6 Å². The maximum absolute atomic E-state index is 11.6. The van der Waals surface area contributed by atoms with Crippen molar-refractivity contribution >= 4 is 23.7 Å². The Balaban J connectivity index is 4.16. The number of nitrogens with two attached hydrogens (primary N) is 1. The molecule has 0 bridgehead atoms. The molecule has 0 radical (unpaired) electrons. The number of amides is 3. The number of rotatable bonds is 8. The monoisotopic (exact) mass is 265 g/mol. The fraction of sp³-hybridized carbons (Fsp3) is 0.778. The van der Waals surface area contributed by atoms with Gasteiger partial charge in [0.1, 0.15) is 6.04 Å². The van der Waals surface area contributed by atoms with Crippen molar-refractivity contribution in [2.24, 2.45) is 5.73 Å². The lowest BCUT2D eigenvalue weighted by Gasteiger charge is -2.17. The number of thioether (sulfide) groups is 1. The van der Waals surface area contributed by atoms with Crippen molar-refractivity contribution in [3.05, 3.63) is 0 Å². The zero-order chi connectivity index (χ0) is 13.3. The Bertz CT molecular complexity index is 252. The molecule has 2 unspecified atom stereocenters. The van der Waals surface area contributed by atoms with Crippen molar-refractivity contribution < 1.29 is 19.8 Å². The van der Waals surface area contributed by atoms with Crippen molar-refractivity contribution in [3.8, 4) is 0 Å². The van der Waals surface area contributed by atoms with Crippen LogP contribution in [0, 0.1) is 0 Å². The Morgan fingerprint density at radius 3 is 2.59 bits per heavy atom. The third-order valence-electron chi connectivity index (χ3n) is 1.97. The lowest BCUT2D eigenvalue weighted by molar-refractivity contribution is -0.123. The molecule has 0 saturated heterocycles. The first-order valence-corrected chi connectivity index (χ1v) is 6.52. The van der Waals surface area contributed by atoms with E-state index >= 15 is 0 Å². The van der Waals surface area contributed by atoms with Gasteiger partial charge in [-0.25, -0.2) is 4.79 Å². The standard InChI is InChI=1S/C9H19N3O4S/c1-17-3-2-7(12-9(10)16)8(15)11-4-6(14)5-13/h6-7,13-14H,2-5H2,1H3,(H,11,15)(H3,10,12,16). The molecule has 0 saturated carbocycles. The molecule has 17 heavy (non-hydrogen) atoms. The van der Waals surface area contributed by atoms with Crippen molar-refractivity contribution in [2.45, 2.75) is 18.6 Å². The van der Waals surface area contributed by atoms with E-state index in [1.807, 2.05) is 6.26 Å². The maximum Gasteiger partial charge on any atom is 0.312 e. The summed E-state index contributed by atoms with van der Waals surface area (Å²) in [6.45, 7) is -0.495. The molecule has 0 spiro atoms. The topological polar surface area (TPSA) is 125 Å². The van der Waals surface area contributed by atoms with Gasteiger partial charge < -0.3 is 26.6 Å². The minimum atomic E-state index is -1.01. The lowest BCUT2D eigenvalue weighted by atomic mass is 10.2. The second-order valence-electron chi connectivity index (χ2n) is 3.42.